The largest absolute Gasteiger partial charge is 0.467 e. The first-order valence-electron chi connectivity index (χ1n) is 9.66. The number of nitrogens with one attached hydrogen (secondary N) is 1. The lowest BCUT2D eigenvalue weighted by molar-refractivity contribution is -0.146. The van der Waals surface area contributed by atoms with Gasteiger partial charge in [-0.3, -0.25) is 4.79 Å². The Balaban J connectivity index is 2.12. The minimum absolute atomic E-state index is 0.0244. The van der Waals surface area contributed by atoms with Crippen LogP contribution in [-0.4, -0.2) is 30.1 Å². The zero-order chi connectivity index (χ0) is 23.4. The van der Waals surface area contributed by atoms with Gasteiger partial charge in [-0.1, -0.05) is 57.2 Å². The number of rotatable bonds is 6. The Bertz CT molecular complexity index is 900. The Kier molecular flexibility index (Phi) is 7.49. The maximum atomic E-state index is 12.7. The summed E-state index contributed by atoms with van der Waals surface area (Å²) < 4.78 is 42.8. The van der Waals surface area contributed by atoms with Gasteiger partial charge < -0.3 is 15.2 Å². The quantitative estimate of drug-likeness (QED) is 0.672. The maximum Gasteiger partial charge on any atom is 0.416 e. The van der Waals surface area contributed by atoms with Crippen LogP contribution in [0.1, 0.15) is 49.1 Å². The fourth-order valence-corrected chi connectivity index (χ4v) is 2.97. The van der Waals surface area contributed by atoms with Gasteiger partial charge in [0.25, 0.3) is 5.91 Å². The van der Waals surface area contributed by atoms with Crippen LogP contribution in [0.25, 0.3) is 0 Å². The number of alkyl halides is 3. The lowest BCUT2D eigenvalue weighted by Gasteiger charge is -2.21. The van der Waals surface area contributed by atoms with Gasteiger partial charge in [0.1, 0.15) is 6.04 Å². The Morgan fingerprint density at radius 2 is 1.48 bits per heavy atom. The minimum atomic E-state index is -4.52. The first-order chi connectivity index (χ1) is 14.3. The molecule has 0 aliphatic heterocycles. The Hall–Kier alpha value is -2.87. The molecule has 2 N–H and O–H groups in total. The van der Waals surface area contributed by atoms with Crippen LogP contribution < -0.4 is 5.32 Å². The van der Waals surface area contributed by atoms with E-state index in [1.807, 2.05) is 24.3 Å². The number of amides is 1. The number of hydrogen-bond acceptors (Lipinski definition) is 4. The molecule has 31 heavy (non-hydrogen) atoms. The number of ether oxygens (including phenoxy) is 1. The zero-order valence-corrected chi connectivity index (χ0v) is 17.8. The van der Waals surface area contributed by atoms with E-state index < -0.39 is 35.8 Å². The molecule has 0 saturated heterocycles. The fraction of sp³-hybridized carbons (Fsp3) is 0.391. The van der Waals surface area contributed by atoms with Gasteiger partial charge in [-0.05, 0) is 34.2 Å². The summed E-state index contributed by atoms with van der Waals surface area (Å²) in [5.74, 6) is -1.62. The predicted octanol–water partition coefficient (Wildman–Crippen LogP) is 3.94. The zero-order valence-electron chi connectivity index (χ0n) is 17.8. The van der Waals surface area contributed by atoms with Gasteiger partial charge >= 0.3 is 12.1 Å². The van der Waals surface area contributed by atoms with Crippen molar-refractivity contribution in [2.75, 3.05) is 7.11 Å². The average Bonchev–Trinajstić information content (AvgIpc) is 2.71. The molecular weight excluding hydrogens is 411 g/mol. The molecule has 1 amide bonds. The van der Waals surface area contributed by atoms with Gasteiger partial charge in [0, 0.05) is 6.42 Å². The number of halogens is 3. The summed E-state index contributed by atoms with van der Waals surface area (Å²) in [5, 5.41) is 12.7. The van der Waals surface area contributed by atoms with E-state index in [0.29, 0.717) is 0 Å². The molecule has 168 valence electrons. The molecule has 0 radical (unpaired) electrons. The summed E-state index contributed by atoms with van der Waals surface area (Å²) in [6.45, 7) is 6.21. The van der Waals surface area contributed by atoms with Crippen LogP contribution in [-0.2, 0) is 32.3 Å². The van der Waals surface area contributed by atoms with Gasteiger partial charge in [0.15, 0.2) is 6.10 Å². The molecule has 8 heteroatoms. The molecule has 2 atom stereocenters. The Morgan fingerprint density at radius 3 is 1.94 bits per heavy atom. The van der Waals surface area contributed by atoms with Crippen LogP contribution in [0, 0.1) is 0 Å². The highest BCUT2D eigenvalue weighted by atomic mass is 19.4. The third-order valence-corrected chi connectivity index (χ3v) is 4.86. The molecule has 0 aliphatic rings. The van der Waals surface area contributed by atoms with E-state index in [-0.39, 0.29) is 17.4 Å². The van der Waals surface area contributed by atoms with E-state index in [1.165, 1.54) is 7.11 Å². The van der Waals surface area contributed by atoms with Crippen LogP contribution in [0.3, 0.4) is 0 Å². The summed E-state index contributed by atoms with van der Waals surface area (Å²) in [5.41, 5.74) is 0.916. The van der Waals surface area contributed by atoms with Crippen molar-refractivity contribution in [3.05, 3.63) is 70.8 Å². The predicted molar refractivity (Wildman–Crippen MR) is 109 cm³/mol. The number of carbonyl (C=O) groups is 2. The fourth-order valence-electron chi connectivity index (χ4n) is 2.97. The van der Waals surface area contributed by atoms with Crippen molar-refractivity contribution in [2.24, 2.45) is 0 Å². The lowest BCUT2D eigenvalue weighted by Crippen LogP contribution is -2.45. The van der Waals surface area contributed by atoms with E-state index in [2.05, 4.69) is 26.1 Å². The smallest absolute Gasteiger partial charge is 0.416 e. The van der Waals surface area contributed by atoms with Crippen molar-refractivity contribution in [2.45, 2.75) is 50.9 Å². The summed E-state index contributed by atoms with van der Waals surface area (Å²) in [7, 11) is 1.18. The molecule has 5 nitrogen and oxygen atoms in total. The highest BCUT2D eigenvalue weighted by molar-refractivity contribution is 5.87. The van der Waals surface area contributed by atoms with Crippen LogP contribution >= 0.6 is 0 Å². The van der Waals surface area contributed by atoms with Crippen molar-refractivity contribution in [1.29, 1.82) is 0 Å². The normalized spacial score (nSPS) is 13.9. The molecule has 0 heterocycles. The third-order valence-electron chi connectivity index (χ3n) is 4.86. The monoisotopic (exact) mass is 437 g/mol. The molecule has 0 bridgehead atoms. The van der Waals surface area contributed by atoms with E-state index in [1.54, 1.807) is 0 Å². The Morgan fingerprint density at radius 1 is 0.968 bits per heavy atom. The molecule has 0 aliphatic carbocycles. The van der Waals surface area contributed by atoms with Crippen molar-refractivity contribution in [1.82, 2.24) is 5.32 Å². The van der Waals surface area contributed by atoms with Crippen molar-refractivity contribution >= 4 is 11.9 Å². The van der Waals surface area contributed by atoms with Gasteiger partial charge in [-0.2, -0.15) is 13.2 Å². The van der Waals surface area contributed by atoms with E-state index in [9.17, 15) is 27.9 Å². The van der Waals surface area contributed by atoms with Crippen LogP contribution in [0.2, 0.25) is 0 Å². The molecule has 2 rings (SSSR count). The first-order valence-corrected chi connectivity index (χ1v) is 9.66. The van der Waals surface area contributed by atoms with Crippen LogP contribution in [0.15, 0.2) is 48.5 Å². The van der Waals surface area contributed by atoms with Gasteiger partial charge in [-0.25, -0.2) is 4.79 Å². The van der Waals surface area contributed by atoms with E-state index >= 15 is 0 Å². The molecule has 0 spiro atoms. The lowest BCUT2D eigenvalue weighted by atomic mass is 9.86. The number of aliphatic hydroxyl groups is 1. The highest BCUT2D eigenvalue weighted by Gasteiger charge is 2.31. The maximum absolute atomic E-state index is 12.7. The SMILES string of the molecule is COC(=O)[C@@H](Cc1ccc(C(C)(C)C)cc1)NC(=O)[C@@H](O)c1ccc(C(F)(F)F)cc1. The van der Waals surface area contributed by atoms with Gasteiger partial charge in [0.2, 0.25) is 0 Å². The second-order valence-electron chi connectivity index (χ2n) is 8.26. The standard InChI is InChI=1S/C23H26F3NO4/c1-22(2,3)16-9-5-14(6-10-16)13-18(21(30)31-4)27-20(29)19(28)15-7-11-17(12-8-15)23(24,25)26/h5-12,18-19,28H,13H2,1-4H3,(H,27,29)/t18-,19+/m1/s1. The summed E-state index contributed by atoms with van der Waals surface area (Å²) in [4.78, 5) is 24.6. The van der Waals surface area contributed by atoms with E-state index in [0.717, 1.165) is 35.4 Å². The molecule has 2 aromatic rings. The van der Waals surface area contributed by atoms with Crippen molar-refractivity contribution in [3.8, 4) is 0 Å². The second-order valence-corrected chi connectivity index (χ2v) is 8.26. The van der Waals surface area contributed by atoms with Crippen molar-refractivity contribution < 1.29 is 32.6 Å². The average molecular weight is 437 g/mol. The number of methoxy groups -OCH3 is 1. The second kappa shape index (κ2) is 9.51. The summed E-state index contributed by atoms with van der Waals surface area (Å²) >= 11 is 0. The van der Waals surface area contributed by atoms with Crippen LogP contribution in [0.4, 0.5) is 13.2 Å². The Labute approximate surface area is 179 Å². The number of hydrogen-bond donors (Lipinski definition) is 2. The molecule has 0 fully saturated rings. The molecule has 2 aromatic carbocycles. The molecule has 0 unspecified atom stereocenters. The third kappa shape index (κ3) is 6.55. The first kappa shape index (κ1) is 24.4. The van der Waals surface area contributed by atoms with Crippen molar-refractivity contribution in [3.63, 3.8) is 0 Å². The summed E-state index contributed by atoms with van der Waals surface area (Å²) in [6, 6.07) is 10.1. The van der Waals surface area contributed by atoms with Gasteiger partial charge in [0.05, 0.1) is 12.7 Å². The van der Waals surface area contributed by atoms with Gasteiger partial charge in [-0.15, -0.1) is 0 Å². The topological polar surface area (TPSA) is 75.6 Å². The highest BCUT2D eigenvalue weighted by Crippen LogP contribution is 2.30. The van der Waals surface area contributed by atoms with E-state index in [4.69, 9.17) is 4.74 Å². The molecule has 0 saturated carbocycles. The summed E-state index contributed by atoms with van der Waals surface area (Å²) in [6.07, 6.45) is -6.13. The number of carbonyl (C=O) groups excluding carboxylic acids is 2. The number of benzene rings is 2. The number of esters is 1. The van der Waals surface area contributed by atoms with Crippen LogP contribution in [0.5, 0.6) is 0 Å². The minimum Gasteiger partial charge on any atom is -0.467 e. The molecular formula is C23H26F3NO4. The molecule has 0 aromatic heterocycles. The number of aliphatic hydroxyl groups excluding tert-OH is 1.